The highest BCUT2D eigenvalue weighted by Gasteiger charge is 2.22. The van der Waals surface area contributed by atoms with Gasteiger partial charge in [-0.15, -0.1) is 22.7 Å². The summed E-state index contributed by atoms with van der Waals surface area (Å²) in [6, 6.07) is 49.7. The first-order chi connectivity index (χ1) is 22.3. The minimum atomic E-state index is 0.731. The van der Waals surface area contributed by atoms with Crippen molar-refractivity contribution >= 4 is 85.0 Å². The Hall–Kier alpha value is -5.36. The van der Waals surface area contributed by atoms with E-state index in [1.165, 1.54) is 52.1 Å². The molecule has 0 spiro atoms. The lowest BCUT2D eigenvalue weighted by atomic mass is 10.1. The first-order valence-electron chi connectivity index (χ1n) is 15.0. The molecule has 45 heavy (non-hydrogen) atoms. The van der Waals surface area contributed by atoms with Crippen molar-refractivity contribution in [2.24, 2.45) is 0 Å². The van der Waals surface area contributed by atoms with Gasteiger partial charge in [0.05, 0.1) is 37.3 Å². The minimum Gasteiger partial charge on any atom is -0.307 e. The van der Waals surface area contributed by atoms with E-state index in [4.69, 9.17) is 9.97 Å². The average Bonchev–Trinajstić information content (AvgIpc) is 3.78. The fourth-order valence-electron chi connectivity index (χ4n) is 6.84. The van der Waals surface area contributed by atoms with Gasteiger partial charge in [-0.25, -0.2) is 9.97 Å². The third kappa shape index (κ3) is 3.62. The predicted octanol–water partition coefficient (Wildman–Crippen LogP) is 11.6. The van der Waals surface area contributed by atoms with E-state index in [2.05, 4.69) is 144 Å². The molecule has 6 aromatic carbocycles. The predicted molar refractivity (Wildman–Crippen MR) is 193 cm³/mol. The van der Waals surface area contributed by atoms with Crippen LogP contribution >= 0.6 is 22.7 Å². The first kappa shape index (κ1) is 25.0. The maximum absolute atomic E-state index is 5.35. The molecule has 5 heteroatoms. The summed E-state index contributed by atoms with van der Waals surface area (Å²) in [7, 11) is 0. The van der Waals surface area contributed by atoms with Gasteiger partial charge < -0.3 is 4.57 Å². The van der Waals surface area contributed by atoms with Gasteiger partial charge in [-0.05, 0) is 30.3 Å². The fraction of sp³-hybridized carbons (Fsp3) is 0. The Labute approximate surface area is 266 Å². The van der Waals surface area contributed by atoms with Gasteiger partial charge >= 0.3 is 0 Å². The number of rotatable bonds is 3. The normalized spacial score (nSPS) is 12.0. The number of nitrogens with zero attached hydrogens (tertiary/aromatic N) is 3. The summed E-state index contributed by atoms with van der Waals surface area (Å²) in [5.41, 5.74) is 7.56. The van der Waals surface area contributed by atoms with Crippen LogP contribution in [0.25, 0.3) is 90.6 Å². The van der Waals surface area contributed by atoms with Gasteiger partial charge in [0, 0.05) is 47.5 Å². The van der Waals surface area contributed by atoms with E-state index >= 15 is 0 Å². The van der Waals surface area contributed by atoms with Crippen LogP contribution in [0.5, 0.6) is 0 Å². The summed E-state index contributed by atoms with van der Waals surface area (Å²) in [6.07, 6.45) is 0. The molecule has 0 N–H and O–H groups in total. The van der Waals surface area contributed by atoms with Gasteiger partial charge in [0.25, 0.3) is 0 Å². The van der Waals surface area contributed by atoms with E-state index in [1.54, 1.807) is 11.3 Å². The van der Waals surface area contributed by atoms with Crippen molar-refractivity contribution in [1.82, 2.24) is 14.5 Å². The summed E-state index contributed by atoms with van der Waals surface area (Å²) in [6.45, 7) is 0. The number of fused-ring (bicyclic) bond motifs is 10. The Morgan fingerprint density at radius 3 is 1.98 bits per heavy atom. The minimum absolute atomic E-state index is 0.731. The standard InChI is InChI=1S/C40H23N3S2/c1-2-12-24(13-3-1)35-39-36(30-17-7-11-21-34(30)45-39)42-40(41-35)29-16-5-9-19-32(29)43-31-18-8-4-14-25(31)27-22-23-28-26-15-6-10-20-33(26)44-38(28)37(27)43/h1-23H. The number of aromatic nitrogens is 3. The van der Waals surface area contributed by atoms with Crippen molar-refractivity contribution in [3.8, 4) is 28.3 Å². The van der Waals surface area contributed by atoms with E-state index in [0.717, 1.165) is 38.5 Å². The lowest BCUT2D eigenvalue weighted by molar-refractivity contribution is 1.16. The maximum Gasteiger partial charge on any atom is 0.162 e. The highest BCUT2D eigenvalue weighted by Crippen LogP contribution is 2.45. The van der Waals surface area contributed by atoms with Crippen molar-refractivity contribution in [2.75, 3.05) is 0 Å². The molecular formula is C40H23N3S2. The second-order valence-electron chi connectivity index (χ2n) is 11.3. The van der Waals surface area contributed by atoms with Crippen LogP contribution in [0.2, 0.25) is 0 Å². The topological polar surface area (TPSA) is 30.7 Å². The summed E-state index contributed by atoms with van der Waals surface area (Å²) < 4.78 is 7.38. The van der Waals surface area contributed by atoms with Crippen LogP contribution in [-0.2, 0) is 0 Å². The van der Waals surface area contributed by atoms with Gasteiger partial charge in [0.1, 0.15) is 0 Å². The summed E-state index contributed by atoms with van der Waals surface area (Å²) in [5, 5.41) is 6.25. The highest BCUT2D eigenvalue weighted by atomic mass is 32.1. The summed E-state index contributed by atoms with van der Waals surface area (Å²) in [5.74, 6) is 0.731. The molecule has 0 radical (unpaired) electrons. The Morgan fingerprint density at radius 2 is 1.11 bits per heavy atom. The SMILES string of the molecule is c1ccc(-c2nc(-c3ccccc3-n3c4ccccc4c4ccc5c6ccccc6sc5c43)nc3c2sc2ccccc23)cc1. The van der Waals surface area contributed by atoms with Gasteiger partial charge in [-0.1, -0.05) is 109 Å². The number of benzene rings is 6. The average molecular weight is 610 g/mol. The van der Waals surface area contributed by atoms with Crippen molar-refractivity contribution in [1.29, 1.82) is 0 Å². The van der Waals surface area contributed by atoms with Crippen molar-refractivity contribution in [3.63, 3.8) is 0 Å². The monoisotopic (exact) mass is 609 g/mol. The van der Waals surface area contributed by atoms with Crippen LogP contribution in [0, 0.1) is 0 Å². The van der Waals surface area contributed by atoms with Gasteiger partial charge in [-0.2, -0.15) is 0 Å². The van der Waals surface area contributed by atoms with Crippen LogP contribution in [0.3, 0.4) is 0 Å². The highest BCUT2D eigenvalue weighted by molar-refractivity contribution is 7.27. The van der Waals surface area contributed by atoms with Crippen LogP contribution in [0.15, 0.2) is 140 Å². The number of para-hydroxylation sites is 2. The third-order valence-corrected chi connectivity index (χ3v) is 11.2. The molecule has 0 bridgehead atoms. The van der Waals surface area contributed by atoms with Gasteiger partial charge in [-0.3, -0.25) is 0 Å². The maximum atomic E-state index is 5.35. The zero-order valence-electron chi connectivity index (χ0n) is 23.9. The van der Waals surface area contributed by atoms with Gasteiger partial charge in [0.2, 0.25) is 0 Å². The molecule has 4 aromatic heterocycles. The molecule has 0 atom stereocenters. The molecule has 0 unspecified atom stereocenters. The zero-order chi connectivity index (χ0) is 29.5. The molecule has 0 aliphatic heterocycles. The molecule has 0 saturated heterocycles. The lowest BCUT2D eigenvalue weighted by Gasteiger charge is -2.14. The Morgan fingerprint density at radius 1 is 0.467 bits per heavy atom. The van der Waals surface area contributed by atoms with Crippen molar-refractivity contribution in [2.45, 2.75) is 0 Å². The Balaban J connectivity index is 1.33. The quantitative estimate of drug-likeness (QED) is 0.199. The molecular weight excluding hydrogens is 587 g/mol. The summed E-state index contributed by atoms with van der Waals surface area (Å²) >= 11 is 3.64. The largest absolute Gasteiger partial charge is 0.307 e. The molecule has 4 heterocycles. The molecule has 0 saturated carbocycles. The lowest BCUT2D eigenvalue weighted by Crippen LogP contribution is -2.00. The second kappa shape index (κ2) is 9.57. The Kier molecular flexibility index (Phi) is 5.32. The molecule has 0 amide bonds. The second-order valence-corrected chi connectivity index (χ2v) is 13.4. The van der Waals surface area contributed by atoms with E-state index in [0.29, 0.717) is 0 Å². The van der Waals surface area contributed by atoms with Crippen LogP contribution in [0.1, 0.15) is 0 Å². The number of thiophene rings is 2. The van der Waals surface area contributed by atoms with E-state index in [1.807, 2.05) is 11.3 Å². The molecule has 0 aliphatic carbocycles. The molecule has 10 rings (SSSR count). The third-order valence-electron chi connectivity index (χ3n) is 8.83. The van der Waals surface area contributed by atoms with Crippen LogP contribution in [0.4, 0.5) is 0 Å². The van der Waals surface area contributed by atoms with Crippen LogP contribution in [-0.4, -0.2) is 14.5 Å². The molecule has 0 fully saturated rings. The number of hydrogen-bond donors (Lipinski definition) is 0. The molecule has 210 valence electrons. The van der Waals surface area contributed by atoms with Crippen LogP contribution < -0.4 is 0 Å². The van der Waals surface area contributed by atoms with Crippen molar-refractivity contribution < 1.29 is 0 Å². The number of hydrogen-bond acceptors (Lipinski definition) is 4. The van der Waals surface area contributed by atoms with Gasteiger partial charge in [0.15, 0.2) is 5.82 Å². The smallest absolute Gasteiger partial charge is 0.162 e. The van der Waals surface area contributed by atoms with E-state index in [9.17, 15) is 0 Å². The molecule has 10 aromatic rings. The van der Waals surface area contributed by atoms with E-state index in [-0.39, 0.29) is 0 Å². The van der Waals surface area contributed by atoms with E-state index < -0.39 is 0 Å². The first-order valence-corrected chi connectivity index (χ1v) is 16.6. The van der Waals surface area contributed by atoms with Crippen molar-refractivity contribution in [3.05, 3.63) is 140 Å². The molecule has 0 aliphatic rings. The fourth-order valence-corrected chi connectivity index (χ4v) is 9.24. The summed E-state index contributed by atoms with van der Waals surface area (Å²) in [4.78, 5) is 10.7. The zero-order valence-corrected chi connectivity index (χ0v) is 25.6. The Bertz CT molecular complexity index is 2770. The molecule has 3 nitrogen and oxygen atoms in total.